The van der Waals surface area contributed by atoms with Gasteiger partial charge in [0.1, 0.15) is 11.5 Å². The second kappa shape index (κ2) is 7.80. The molecule has 2 aromatic heterocycles. The zero-order chi connectivity index (χ0) is 19.5. The van der Waals surface area contributed by atoms with Gasteiger partial charge in [-0.3, -0.25) is 14.3 Å². The van der Waals surface area contributed by atoms with Gasteiger partial charge in [0, 0.05) is 34.9 Å². The molecular weight excluding hydrogens is 397 g/mol. The summed E-state index contributed by atoms with van der Waals surface area (Å²) < 4.78 is 1.79. The van der Waals surface area contributed by atoms with E-state index in [1.54, 1.807) is 29.0 Å². The molecule has 8 heteroatoms. The number of benzene rings is 2. The van der Waals surface area contributed by atoms with E-state index in [-0.39, 0.29) is 5.69 Å². The fourth-order valence-corrected chi connectivity index (χ4v) is 3.01. The van der Waals surface area contributed by atoms with Crippen LogP contribution in [0.5, 0.6) is 0 Å². The van der Waals surface area contributed by atoms with Gasteiger partial charge in [-0.15, -0.1) is 0 Å². The van der Waals surface area contributed by atoms with Gasteiger partial charge in [-0.25, -0.2) is 9.97 Å². The first-order valence-corrected chi connectivity index (χ1v) is 9.05. The minimum absolute atomic E-state index is 0.218. The highest BCUT2D eigenvalue weighted by molar-refractivity contribution is 6.33. The van der Waals surface area contributed by atoms with Crippen LogP contribution in [0.25, 0.3) is 17.1 Å². The summed E-state index contributed by atoms with van der Waals surface area (Å²) in [6.45, 7) is 0. The van der Waals surface area contributed by atoms with Gasteiger partial charge in [0.25, 0.3) is 5.91 Å². The summed E-state index contributed by atoms with van der Waals surface area (Å²) in [5.41, 5.74) is 1.72. The van der Waals surface area contributed by atoms with Crippen LogP contribution in [-0.2, 0) is 0 Å². The van der Waals surface area contributed by atoms with Crippen molar-refractivity contribution in [1.82, 2.24) is 19.5 Å². The van der Waals surface area contributed by atoms with Gasteiger partial charge in [0.05, 0.1) is 11.2 Å². The van der Waals surface area contributed by atoms with Crippen molar-refractivity contribution < 1.29 is 4.79 Å². The largest absolute Gasteiger partial charge is 0.304 e. The summed E-state index contributed by atoms with van der Waals surface area (Å²) in [4.78, 5) is 25.2. The molecule has 0 spiro atoms. The van der Waals surface area contributed by atoms with Crippen LogP contribution in [-0.4, -0.2) is 25.4 Å². The van der Waals surface area contributed by atoms with Crippen LogP contribution in [0.3, 0.4) is 0 Å². The van der Waals surface area contributed by atoms with Gasteiger partial charge in [-0.2, -0.15) is 0 Å². The van der Waals surface area contributed by atoms with E-state index in [9.17, 15) is 4.79 Å². The Morgan fingerprint density at radius 1 is 1.00 bits per heavy atom. The van der Waals surface area contributed by atoms with Gasteiger partial charge in [0.15, 0.2) is 5.82 Å². The third kappa shape index (κ3) is 3.74. The van der Waals surface area contributed by atoms with E-state index in [1.165, 1.54) is 18.6 Å². The zero-order valence-electron chi connectivity index (χ0n) is 14.4. The number of imidazole rings is 1. The Bertz CT molecular complexity index is 1130. The van der Waals surface area contributed by atoms with Crippen LogP contribution in [0, 0.1) is 0 Å². The van der Waals surface area contributed by atoms with Crippen LogP contribution in [0.15, 0.2) is 73.3 Å². The molecule has 138 valence electrons. The fraction of sp³-hybridized carbons (Fsp3) is 0. The molecule has 0 atom stereocenters. The highest BCUT2D eigenvalue weighted by atomic mass is 35.5. The average Bonchev–Trinajstić information content (AvgIpc) is 3.15. The van der Waals surface area contributed by atoms with Crippen molar-refractivity contribution in [2.24, 2.45) is 0 Å². The molecule has 0 radical (unpaired) electrons. The van der Waals surface area contributed by atoms with Crippen molar-refractivity contribution >= 4 is 34.9 Å². The molecule has 1 amide bonds. The lowest BCUT2D eigenvalue weighted by Gasteiger charge is -2.09. The standard InChI is InChI=1S/C20H13Cl2N5O/c21-13-5-7-14(8-6-13)27-12-17(20(28)26-18-11-23-9-10-24-18)25-19(27)15-3-1-2-4-16(15)22/h1-12H,(H,24,26,28). The van der Waals surface area contributed by atoms with Crippen LogP contribution >= 0.6 is 23.2 Å². The Labute approximate surface area is 170 Å². The molecule has 0 bridgehead atoms. The maximum Gasteiger partial charge on any atom is 0.277 e. The molecule has 2 aromatic carbocycles. The topological polar surface area (TPSA) is 72.7 Å². The number of halogens is 2. The van der Waals surface area contributed by atoms with E-state index in [0.29, 0.717) is 27.3 Å². The molecule has 0 saturated carbocycles. The van der Waals surface area contributed by atoms with E-state index >= 15 is 0 Å². The molecule has 1 N–H and O–H groups in total. The molecule has 0 aliphatic heterocycles. The van der Waals surface area contributed by atoms with Crippen LogP contribution in [0.4, 0.5) is 5.82 Å². The SMILES string of the molecule is O=C(Nc1cnccn1)c1cn(-c2ccc(Cl)cc2)c(-c2ccccc2Cl)n1. The first kappa shape index (κ1) is 18.2. The average molecular weight is 410 g/mol. The second-order valence-corrected chi connectivity index (χ2v) is 6.66. The molecule has 0 fully saturated rings. The van der Waals surface area contributed by atoms with E-state index in [0.717, 1.165) is 5.69 Å². The predicted molar refractivity (Wildman–Crippen MR) is 109 cm³/mol. The Kier molecular flexibility index (Phi) is 5.06. The number of nitrogens with one attached hydrogen (secondary N) is 1. The van der Waals surface area contributed by atoms with Crippen molar-refractivity contribution in [3.05, 3.63) is 89.1 Å². The third-order valence-electron chi connectivity index (χ3n) is 3.96. The predicted octanol–water partition coefficient (Wildman–Crippen LogP) is 4.89. The summed E-state index contributed by atoms with van der Waals surface area (Å²) in [6.07, 6.45) is 6.13. The third-order valence-corrected chi connectivity index (χ3v) is 4.54. The monoisotopic (exact) mass is 409 g/mol. The summed E-state index contributed by atoms with van der Waals surface area (Å²) in [5.74, 6) is 0.478. The van der Waals surface area contributed by atoms with Crippen LogP contribution < -0.4 is 5.32 Å². The molecule has 4 aromatic rings. The van der Waals surface area contributed by atoms with Gasteiger partial charge in [0.2, 0.25) is 0 Å². The second-order valence-electron chi connectivity index (χ2n) is 5.82. The Balaban J connectivity index is 1.79. The van der Waals surface area contributed by atoms with Crippen molar-refractivity contribution in [2.45, 2.75) is 0 Å². The number of hydrogen-bond donors (Lipinski definition) is 1. The van der Waals surface area contributed by atoms with Crippen LogP contribution in [0.2, 0.25) is 10.0 Å². The number of anilines is 1. The Morgan fingerprint density at radius 2 is 1.79 bits per heavy atom. The Morgan fingerprint density at radius 3 is 2.50 bits per heavy atom. The van der Waals surface area contributed by atoms with Gasteiger partial charge >= 0.3 is 0 Å². The highest BCUT2D eigenvalue weighted by Gasteiger charge is 2.18. The number of carbonyl (C=O) groups is 1. The molecular formula is C20H13Cl2N5O. The van der Waals surface area contributed by atoms with Crippen LogP contribution in [0.1, 0.15) is 10.5 Å². The van der Waals surface area contributed by atoms with Gasteiger partial charge in [-0.05, 0) is 36.4 Å². The van der Waals surface area contributed by atoms with Crippen molar-refractivity contribution in [3.63, 3.8) is 0 Å². The maximum absolute atomic E-state index is 12.7. The molecule has 4 rings (SSSR count). The maximum atomic E-state index is 12.7. The molecule has 28 heavy (non-hydrogen) atoms. The lowest BCUT2D eigenvalue weighted by Crippen LogP contribution is -2.13. The van der Waals surface area contributed by atoms with Crippen molar-refractivity contribution in [1.29, 1.82) is 0 Å². The summed E-state index contributed by atoms with van der Waals surface area (Å²) in [5, 5.41) is 3.83. The highest BCUT2D eigenvalue weighted by Crippen LogP contribution is 2.29. The van der Waals surface area contributed by atoms with E-state index in [1.807, 2.05) is 30.3 Å². The molecule has 6 nitrogen and oxygen atoms in total. The summed E-state index contributed by atoms with van der Waals surface area (Å²) in [7, 11) is 0. The van der Waals surface area contributed by atoms with Gasteiger partial charge < -0.3 is 5.32 Å². The minimum Gasteiger partial charge on any atom is -0.304 e. The molecule has 0 aliphatic rings. The van der Waals surface area contributed by atoms with E-state index in [2.05, 4.69) is 20.3 Å². The number of hydrogen-bond acceptors (Lipinski definition) is 4. The van der Waals surface area contributed by atoms with E-state index in [4.69, 9.17) is 23.2 Å². The fourth-order valence-electron chi connectivity index (χ4n) is 2.66. The first-order valence-electron chi connectivity index (χ1n) is 8.29. The van der Waals surface area contributed by atoms with E-state index < -0.39 is 5.91 Å². The number of rotatable bonds is 4. The number of nitrogens with zero attached hydrogens (tertiary/aromatic N) is 4. The summed E-state index contributed by atoms with van der Waals surface area (Å²) in [6, 6.07) is 14.5. The normalized spacial score (nSPS) is 10.6. The molecule has 2 heterocycles. The van der Waals surface area contributed by atoms with Crippen molar-refractivity contribution in [3.8, 4) is 17.1 Å². The molecule has 0 saturated heterocycles. The zero-order valence-corrected chi connectivity index (χ0v) is 15.9. The number of aromatic nitrogens is 4. The summed E-state index contributed by atoms with van der Waals surface area (Å²) >= 11 is 12.4. The Hall–Kier alpha value is -3.22. The number of amides is 1. The van der Waals surface area contributed by atoms with Gasteiger partial charge in [-0.1, -0.05) is 35.3 Å². The lowest BCUT2D eigenvalue weighted by atomic mass is 10.2. The number of carbonyl (C=O) groups excluding carboxylic acids is 1. The molecule has 0 unspecified atom stereocenters. The first-order chi connectivity index (χ1) is 13.6. The minimum atomic E-state index is -0.401. The lowest BCUT2D eigenvalue weighted by molar-refractivity contribution is 0.102. The molecule has 0 aliphatic carbocycles. The quantitative estimate of drug-likeness (QED) is 0.520. The van der Waals surface area contributed by atoms with Crippen molar-refractivity contribution in [2.75, 3.05) is 5.32 Å². The smallest absolute Gasteiger partial charge is 0.277 e.